The van der Waals surface area contributed by atoms with Crippen molar-refractivity contribution in [3.63, 3.8) is 0 Å². The molecule has 2 aromatic rings. The van der Waals surface area contributed by atoms with E-state index in [9.17, 15) is 13.2 Å². The van der Waals surface area contributed by atoms with Crippen molar-refractivity contribution in [3.8, 4) is 11.5 Å². The lowest BCUT2D eigenvalue weighted by atomic mass is 10.3. The summed E-state index contributed by atoms with van der Waals surface area (Å²) >= 11 is 0. The van der Waals surface area contributed by atoms with Gasteiger partial charge in [0.1, 0.15) is 11.5 Å². The molecule has 0 bridgehead atoms. The minimum Gasteiger partial charge on any atom is -0.497 e. The van der Waals surface area contributed by atoms with Crippen LogP contribution in [0.25, 0.3) is 0 Å². The van der Waals surface area contributed by atoms with Crippen molar-refractivity contribution in [2.24, 2.45) is 0 Å². The van der Waals surface area contributed by atoms with Crippen LogP contribution in [0, 0.1) is 0 Å². The third kappa shape index (κ3) is 5.75. The maximum atomic E-state index is 12.0. The van der Waals surface area contributed by atoms with E-state index in [1.165, 1.54) is 24.3 Å². The smallest absolute Gasteiger partial charge is 0.262 e. The second-order valence-electron chi connectivity index (χ2n) is 5.43. The molecule has 2 aromatic carbocycles. The van der Waals surface area contributed by atoms with Crippen molar-refractivity contribution in [3.05, 3.63) is 48.5 Å². The molecular formula is C18H22N2O5S. The summed E-state index contributed by atoms with van der Waals surface area (Å²) < 4.78 is 36.9. The van der Waals surface area contributed by atoms with Crippen molar-refractivity contribution in [1.29, 1.82) is 0 Å². The Hall–Kier alpha value is -2.58. The predicted octanol–water partition coefficient (Wildman–Crippen LogP) is 2.40. The molecular weight excluding hydrogens is 356 g/mol. The third-order valence-corrected chi connectivity index (χ3v) is 4.90. The molecule has 0 unspecified atom stereocenters. The number of ether oxygens (including phenoxy) is 2. The summed E-state index contributed by atoms with van der Waals surface area (Å²) in [6, 6.07) is 12.8. The van der Waals surface area contributed by atoms with Gasteiger partial charge in [0.2, 0.25) is 10.0 Å². The van der Waals surface area contributed by atoms with Crippen molar-refractivity contribution >= 4 is 21.6 Å². The molecule has 0 aliphatic rings. The van der Waals surface area contributed by atoms with Crippen molar-refractivity contribution in [2.45, 2.75) is 18.2 Å². The van der Waals surface area contributed by atoms with E-state index in [0.717, 1.165) is 0 Å². The number of methoxy groups -OCH3 is 1. The highest BCUT2D eigenvalue weighted by Gasteiger charge is 2.13. The Morgan fingerprint density at radius 1 is 1.00 bits per heavy atom. The normalized spacial score (nSPS) is 11.0. The van der Waals surface area contributed by atoms with E-state index in [1.807, 2.05) is 6.92 Å². The molecule has 26 heavy (non-hydrogen) atoms. The molecule has 2 rings (SSSR count). The summed E-state index contributed by atoms with van der Waals surface area (Å²) in [5, 5.41) is 2.65. The van der Waals surface area contributed by atoms with E-state index in [1.54, 1.807) is 31.4 Å². The van der Waals surface area contributed by atoms with Crippen LogP contribution in [0.1, 0.15) is 13.3 Å². The number of carbonyl (C=O) groups excluding carboxylic acids is 1. The molecule has 0 radical (unpaired) electrons. The zero-order chi connectivity index (χ0) is 19.0. The van der Waals surface area contributed by atoms with Crippen LogP contribution in [0.15, 0.2) is 53.4 Å². The highest BCUT2D eigenvalue weighted by atomic mass is 32.2. The van der Waals surface area contributed by atoms with Crippen LogP contribution < -0.4 is 19.5 Å². The molecule has 0 spiro atoms. The summed E-state index contributed by atoms with van der Waals surface area (Å²) in [4.78, 5) is 12.1. The van der Waals surface area contributed by atoms with Gasteiger partial charge in [-0.1, -0.05) is 6.92 Å². The SMILES string of the molecule is CCCNS(=O)(=O)c1ccc(NC(=O)COc2ccc(OC)cc2)cc1. The molecule has 8 heteroatoms. The molecule has 140 valence electrons. The number of hydrogen-bond donors (Lipinski definition) is 2. The lowest BCUT2D eigenvalue weighted by molar-refractivity contribution is -0.118. The molecule has 0 atom stereocenters. The number of benzene rings is 2. The molecule has 0 saturated heterocycles. The van der Waals surface area contributed by atoms with Gasteiger partial charge in [0.05, 0.1) is 12.0 Å². The standard InChI is InChI=1S/C18H22N2O5S/c1-3-12-19-26(22,23)17-10-4-14(5-11-17)20-18(21)13-25-16-8-6-15(24-2)7-9-16/h4-11,19H,3,12-13H2,1-2H3,(H,20,21). The van der Waals surface area contributed by atoms with Crippen LogP contribution in [0.4, 0.5) is 5.69 Å². The lowest BCUT2D eigenvalue weighted by Gasteiger charge is -2.09. The average Bonchev–Trinajstić information content (AvgIpc) is 2.65. The molecule has 0 aromatic heterocycles. The van der Waals surface area contributed by atoms with Gasteiger partial charge >= 0.3 is 0 Å². The largest absolute Gasteiger partial charge is 0.497 e. The second kappa shape index (κ2) is 9.21. The van der Waals surface area contributed by atoms with Crippen LogP contribution in [0.2, 0.25) is 0 Å². The van der Waals surface area contributed by atoms with E-state index in [2.05, 4.69) is 10.0 Å². The number of nitrogens with one attached hydrogen (secondary N) is 2. The molecule has 0 fully saturated rings. The Bertz CT molecular complexity index is 818. The first kappa shape index (κ1) is 19.7. The van der Waals surface area contributed by atoms with Gasteiger partial charge in [0, 0.05) is 12.2 Å². The average molecular weight is 378 g/mol. The Morgan fingerprint density at radius 2 is 1.62 bits per heavy atom. The van der Waals surface area contributed by atoms with Gasteiger partial charge in [-0.2, -0.15) is 0 Å². The minimum atomic E-state index is -3.52. The summed E-state index contributed by atoms with van der Waals surface area (Å²) in [5.74, 6) is 0.898. The Morgan fingerprint density at radius 3 is 2.19 bits per heavy atom. The molecule has 1 amide bonds. The van der Waals surface area contributed by atoms with Crippen LogP contribution >= 0.6 is 0 Å². The quantitative estimate of drug-likeness (QED) is 0.699. The van der Waals surface area contributed by atoms with E-state index in [-0.39, 0.29) is 17.4 Å². The topological polar surface area (TPSA) is 93.7 Å². The van der Waals surface area contributed by atoms with E-state index in [4.69, 9.17) is 9.47 Å². The fraction of sp³-hybridized carbons (Fsp3) is 0.278. The predicted molar refractivity (Wildman–Crippen MR) is 99.0 cm³/mol. The summed E-state index contributed by atoms with van der Waals surface area (Å²) in [6.07, 6.45) is 0.710. The molecule has 7 nitrogen and oxygen atoms in total. The van der Waals surface area contributed by atoms with Crippen molar-refractivity contribution in [1.82, 2.24) is 4.72 Å². The maximum absolute atomic E-state index is 12.0. The van der Waals surface area contributed by atoms with Gasteiger partial charge in [-0.25, -0.2) is 13.1 Å². The lowest BCUT2D eigenvalue weighted by Crippen LogP contribution is -2.24. The van der Waals surface area contributed by atoms with Crippen molar-refractivity contribution < 1.29 is 22.7 Å². The summed E-state index contributed by atoms with van der Waals surface area (Å²) in [5.41, 5.74) is 0.489. The first-order valence-electron chi connectivity index (χ1n) is 8.11. The molecule has 0 aliphatic carbocycles. The van der Waals surface area contributed by atoms with Crippen molar-refractivity contribution in [2.75, 3.05) is 25.6 Å². The van der Waals surface area contributed by atoms with Gasteiger partial charge < -0.3 is 14.8 Å². The number of rotatable bonds is 9. The highest BCUT2D eigenvalue weighted by Crippen LogP contribution is 2.17. The number of carbonyl (C=O) groups is 1. The zero-order valence-electron chi connectivity index (χ0n) is 14.7. The zero-order valence-corrected chi connectivity index (χ0v) is 15.5. The Balaban J connectivity index is 1.88. The molecule has 0 heterocycles. The first-order valence-corrected chi connectivity index (χ1v) is 9.59. The molecule has 2 N–H and O–H groups in total. The fourth-order valence-corrected chi connectivity index (χ4v) is 3.19. The van der Waals surface area contributed by atoms with Gasteiger partial charge in [-0.05, 0) is 55.0 Å². The van der Waals surface area contributed by atoms with Gasteiger partial charge in [0.25, 0.3) is 5.91 Å². The van der Waals surface area contributed by atoms with Crippen LogP contribution in [-0.2, 0) is 14.8 Å². The Labute approximate surface area is 153 Å². The number of anilines is 1. The summed E-state index contributed by atoms with van der Waals surface area (Å²) in [7, 11) is -1.95. The van der Waals surface area contributed by atoms with Gasteiger partial charge in [0.15, 0.2) is 6.61 Å². The summed E-state index contributed by atoms with van der Waals surface area (Å²) in [6.45, 7) is 2.10. The second-order valence-corrected chi connectivity index (χ2v) is 7.20. The van der Waals surface area contributed by atoms with E-state index in [0.29, 0.717) is 30.2 Å². The fourth-order valence-electron chi connectivity index (χ4n) is 2.06. The molecule has 0 saturated carbocycles. The molecule has 0 aliphatic heterocycles. The highest BCUT2D eigenvalue weighted by molar-refractivity contribution is 7.89. The number of sulfonamides is 1. The van der Waals surface area contributed by atoms with Gasteiger partial charge in [-0.15, -0.1) is 0 Å². The van der Waals surface area contributed by atoms with Gasteiger partial charge in [-0.3, -0.25) is 4.79 Å². The Kier molecular flexibility index (Phi) is 6.99. The third-order valence-electron chi connectivity index (χ3n) is 3.42. The van der Waals surface area contributed by atoms with E-state index < -0.39 is 10.0 Å². The van der Waals surface area contributed by atoms with Crippen LogP contribution in [-0.4, -0.2) is 34.6 Å². The monoisotopic (exact) mass is 378 g/mol. The van der Waals surface area contributed by atoms with Crippen LogP contribution in [0.5, 0.6) is 11.5 Å². The minimum absolute atomic E-state index is 0.151. The number of amides is 1. The van der Waals surface area contributed by atoms with E-state index >= 15 is 0 Å². The first-order chi connectivity index (χ1) is 12.4. The maximum Gasteiger partial charge on any atom is 0.262 e. The number of hydrogen-bond acceptors (Lipinski definition) is 5. The van der Waals surface area contributed by atoms with Crippen LogP contribution in [0.3, 0.4) is 0 Å².